The molecule has 2 rings (SSSR count). The molecule has 1 aliphatic rings. The monoisotopic (exact) mass is 334 g/mol. The maximum absolute atomic E-state index is 12.0. The first-order valence-corrected chi connectivity index (χ1v) is 8.47. The minimum atomic E-state index is -0.617. The fourth-order valence-corrected chi connectivity index (χ4v) is 3.07. The summed E-state index contributed by atoms with van der Waals surface area (Å²) in [5.74, 6) is -0.607. The number of hydrogen-bond donors (Lipinski definition) is 2. The van der Waals surface area contributed by atoms with Crippen LogP contribution in [-0.2, 0) is 0 Å². The van der Waals surface area contributed by atoms with Crippen LogP contribution in [0, 0.1) is 5.92 Å². The van der Waals surface area contributed by atoms with Crippen molar-refractivity contribution in [2.45, 2.75) is 33.1 Å². The van der Waals surface area contributed by atoms with Crippen LogP contribution in [-0.4, -0.2) is 42.1 Å². The molecule has 1 aliphatic heterocycles. The molecule has 24 heavy (non-hydrogen) atoms. The van der Waals surface area contributed by atoms with Crippen molar-refractivity contribution in [1.82, 2.24) is 10.2 Å². The van der Waals surface area contributed by atoms with E-state index in [1.54, 1.807) is 0 Å². The molecule has 132 valence electrons. The van der Waals surface area contributed by atoms with Gasteiger partial charge in [-0.2, -0.15) is 0 Å². The average Bonchev–Trinajstić information content (AvgIpc) is 2.55. The fraction of sp³-hybridized carbons (Fsp3) is 0.556. The molecular formula is C18H26N2O4. The van der Waals surface area contributed by atoms with Crippen LogP contribution in [0.15, 0.2) is 33.2 Å². The molecule has 1 amide bonds. The second-order valence-electron chi connectivity index (χ2n) is 6.41. The number of nitrogens with one attached hydrogen (secondary N) is 1. The van der Waals surface area contributed by atoms with E-state index >= 15 is 0 Å². The van der Waals surface area contributed by atoms with E-state index in [1.807, 2.05) is 0 Å². The summed E-state index contributed by atoms with van der Waals surface area (Å²) in [5, 5.41) is 12.0. The summed E-state index contributed by atoms with van der Waals surface area (Å²) >= 11 is 0. The van der Waals surface area contributed by atoms with Crippen LogP contribution >= 0.6 is 0 Å². The third-order valence-electron chi connectivity index (χ3n) is 4.22. The highest BCUT2D eigenvalue weighted by Crippen LogP contribution is 2.17. The molecule has 0 aliphatic carbocycles. The number of allylic oxidation sites excluding steroid dienone is 1. The number of carbonyl (C=O) groups excluding carboxylic acids is 1. The van der Waals surface area contributed by atoms with Crippen LogP contribution in [0.3, 0.4) is 0 Å². The third kappa shape index (κ3) is 5.23. The minimum Gasteiger partial charge on any atom is -0.502 e. The number of likely N-dealkylation sites (tertiary alicyclic amines) is 1. The van der Waals surface area contributed by atoms with Crippen LogP contribution in [0.1, 0.15) is 43.7 Å². The molecule has 1 aromatic rings. The van der Waals surface area contributed by atoms with E-state index < -0.39 is 17.1 Å². The molecule has 2 N–H and O–H groups in total. The Labute approximate surface area is 142 Å². The zero-order valence-electron chi connectivity index (χ0n) is 14.4. The molecule has 2 heterocycles. The normalized spacial score (nSPS) is 19.2. The Morgan fingerprint density at radius 2 is 2.33 bits per heavy atom. The lowest BCUT2D eigenvalue weighted by molar-refractivity contribution is 0.0903. The number of hydrogen-bond acceptors (Lipinski definition) is 5. The van der Waals surface area contributed by atoms with Gasteiger partial charge in [0.25, 0.3) is 5.91 Å². The smallest absolute Gasteiger partial charge is 0.287 e. The van der Waals surface area contributed by atoms with Crippen molar-refractivity contribution in [3.63, 3.8) is 0 Å². The molecule has 1 atom stereocenters. The third-order valence-corrected chi connectivity index (χ3v) is 4.22. The SMILES string of the molecule is CC/C=C(\C)CN1CCCC(CNC(=O)c2cc(=O)c(O)co2)C1. The number of piperidine rings is 1. The molecule has 0 bridgehead atoms. The number of amides is 1. The van der Waals surface area contributed by atoms with Crippen LogP contribution < -0.4 is 10.7 Å². The Morgan fingerprint density at radius 3 is 3.04 bits per heavy atom. The summed E-state index contributed by atoms with van der Waals surface area (Å²) < 4.78 is 4.96. The summed E-state index contributed by atoms with van der Waals surface area (Å²) in [4.78, 5) is 25.8. The Hall–Kier alpha value is -2.08. The van der Waals surface area contributed by atoms with Gasteiger partial charge >= 0.3 is 0 Å². The van der Waals surface area contributed by atoms with Crippen molar-refractivity contribution in [2.24, 2.45) is 5.92 Å². The summed E-state index contributed by atoms with van der Waals surface area (Å²) in [6.45, 7) is 7.86. The first-order valence-electron chi connectivity index (χ1n) is 8.47. The van der Waals surface area contributed by atoms with Crippen molar-refractivity contribution >= 4 is 5.91 Å². The quantitative estimate of drug-likeness (QED) is 0.779. The second kappa shape index (κ2) is 8.68. The molecule has 1 fully saturated rings. The van der Waals surface area contributed by atoms with Gasteiger partial charge in [-0.1, -0.05) is 18.6 Å². The van der Waals surface area contributed by atoms with Crippen molar-refractivity contribution in [3.05, 3.63) is 40.0 Å². The first kappa shape index (κ1) is 18.3. The Bertz CT molecular complexity index is 651. The zero-order valence-corrected chi connectivity index (χ0v) is 14.4. The summed E-state index contributed by atoms with van der Waals surface area (Å²) in [5.41, 5.74) is 0.765. The molecule has 0 spiro atoms. The average molecular weight is 334 g/mol. The Kier molecular flexibility index (Phi) is 6.61. The number of aromatic hydroxyl groups is 1. The highest BCUT2D eigenvalue weighted by Gasteiger charge is 2.21. The van der Waals surface area contributed by atoms with Crippen LogP contribution in [0.5, 0.6) is 5.75 Å². The predicted molar refractivity (Wildman–Crippen MR) is 92.2 cm³/mol. The van der Waals surface area contributed by atoms with E-state index in [0.29, 0.717) is 12.5 Å². The van der Waals surface area contributed by atoms with Gasteiger partial charge in [-0.25, -0.2) is 0 Å². The highest BCUT2D eigenvalue weighted by molar-refractivity contribution is 5.91. The van der Waals surface area contributed by atoms with E-state index in [1.165, 1.54) is 5.57 Å². The first-order chi connectivity index (χ1) is 11.5. The lowest BCUT2D eigenvalue weighted by Crippen LogP contribution is -2.41. The van der Waals surface area contributed by atoms with Crippen molar-refractivity contribution in [1.29, 1.82) is 0 Å². The van der Waals surface area contributed by atoms with E-state index in [2.05, 4.69) is 30.1 Å². The molecular weight excluding hydrogens is 308 g/mol. The molecule has 0 saturated carbocycles. The molecule has 1 aromatic heterocycles. The van der Waals surface area contributed by atoms with Gasteiger partial charge in [0, 0.05) is 25.7 Å². The van der Waals surface area contributed by atoms with Gasteiger partial charge in [0.2, 0.25) is 5.43 Å². The van der Waals surface area contributed by atoms with Gasteiger partial charge in [-0.3, -0.25) is 14.5 Å². The summed E-state index contributed by atoms with van der Waals surface area (Å²) in [6.07, 6.45) is 6.39. The molecule has 6 nitrogen and oxygen atoms in total. The van der Waals surface area contributed by atoms with Gasteiger partial charge in [-0.15, -0.1) is 0 Å². The summed E-state index contributed by atoms with van der Waals surface area (Å²) in [7, 11) is 0. The van der Waals surface area contributed by atoms with E-state index in [4.69, 9.17) is 9.52 Å². The maximum atomic E-state index is 12.0. The zero-order chi connectivity index (χ0) is 17.5. The molecule has 6 heteroatoms. The largest absolute Gasteiger partial charge is 0.502 e. The van der Waals surface area contributed by atoms with Crippen molar-refractivity contribution in [3.8, 4) is 5.75 Å². The topological polar surface area (TPSA) is 82.8 Å². The van der Waals surface area contributed by atoms with Crippen molar-refractivity contribution < 1.29 is 14.3 Å². The van der Waals surface area contributed by atoms with Crippen LogP contribution in [0.4, 0.5) is 0 Å². The lowest BCUT2D eigenvalue weighted by Gasteiger charge is -2.33. The molecule has 1 unspecified atom stereocenters. The van der Waals surface area contributed by atoms with Gasteiger partial charge in [0.05, 0.1) is 0 Å². The van der Waals surface area contributed by atoms with Crippen LogP contribution in [0.2, 0.25) is 0 Å². The standard InChI is InChI=1S/C18H26N2O4/c1-3-5-13(2)10-20-7-4-6-14(11-20)9-19-18(23)17-8-15(21)16(22)12-24-17/h5,8,12,14,22H,3-4,6-7,9-11H2,1-2H3,(H,19,23)/b13-5+. The van der Waals surface area contributed by atoms with E-state index in [0.717, 1.165) is 51.2 Å². The van der Waals surface area contributed by atoms with Crippen LogP contribution in [0.25, 0.3) is 0 Å². The van der Waals surface area contributed by atoms with E-state index in [-0.39, 0.29) is 5.76 Å². The van der Waals surface area contributed by atoms with Gasteiger partial charge in [0.15, 0.2) is 11.5 Å². The molecule has 0 aromatic carbocycles. The Balaban J connectivity index is 1.84. The fourth-order valence-electron chi connectivity index (χ4n) is 3.07. The maximum Gasteiger partial charge on any atom is 0.287 e. The van der Waals surface area contributed by atoms with Gasteiger partial charge in [0.1, 0.15) is 6.26 Å². The Morgan fingerprint density at radius 1 is 1.54 bits per heavy atom. The number of nitrogens with zero attached hydrogens (tertiary/aromatic N) is 1. The lowest BCUT2D eigenvalue weighted by atomic mass is 9.97. The number of carbonyl (C=O) groups is 1. The highest BCUT2D eigenvalue weighted by atomic mass is 16.4. The molecule has 0 radical (unpaired) electrons. The van der Waals surface area contributed by atoms with E-state index in [9.17, 15) is 9.59 Å². The summed E-state index contributed by atoms with van der Waals surface area (Å²) in [6, 6.07) is 1.01. The minimum absolute atomic E-state index is 0.0767. The predicted octanol–water partition coefficient (Wildman–Crippen LogP) is 2.14. The van der Waals surface area contributed by atoms with Gasteiger partial charge in [-0.05, 0) is 38.6 Å². The molecule has 1 saturated heterocycles. The second-order valence-corrected chi connectivity index (χ2v) is 6.41. The van der Waals surface area contributed by atoms with Crippen molar-refractivity contribution in [2.75, 3.05) is 26.2 Å². The van der Waals surface area contributed by atoms with Gasteiger partial charge < -0.3 is 14.8 Å². The number of rotatable bonds is 6.